The summed E-state index contributed by atoms with van der Waals surface area (Å²) in [4.78, 5) is 0. The highest BCUT2D eigenvalue weighted by molar-refractivity contribution is 8.00. The van der Waals surface area contributed by atoms with Gasteiger partial charge >= 0.3 is 0 Å². The molecular formula is C9H18OS. The van der Waals surface area contributed by atoms with Crippen LogP contribution in [-0.2, 0) is 4.74 Å². The Labute approximate surface area is 73.9 Å². The van der Waals surface area contributed by atoms with Gasteiger partial charge < -0.3 is 4.74 Å². The van der Waals surface area contributed by atoms with E-state index in [4.69, 9.17) is 4.74 Å². The van der Waals surface area contributed by atoms with E-state index in [1.54, 1.807) is 0 Å². The Kier molecular flexibility index (Phi) is 2.87. The van der Waals surface area contributed by atoms with E-state index in [-0.39, 0.29) is 5.60 Å². The van der Waals surface area contributed by atoms with Crippen LogP contribution in [0.25, 0.3) is 0 Å². The Morgan fingerprint density at radius 1 is 1.45 bits per heavy atom. The molecule has 0 aromatic carbocycles. The van der Waals surface area contributed by atoms with Gasteiger partial charge in [-0.1, -0.05) is 13.8 Å². The third kappa shape index (κ3) is 2.68. The third-order valence-electron chi connectivity index (χ3n) is 2.03. The highest BCUT2D eigenvalue weighted by Crippen LogP contribution is 2.31. The predicted molar refractivity (Wildman–Crippen MR) is 51.1 cm³/mol. The summed E-state index contributed by atoms with van der Waals surface area (Å²) >= 11 is 2.05. The van der Waals surface area contributed by atoms with E-state index in [1.165, 1.54) is 0 Å². The number of hydrogen-bond acceptors (Lipinski definition) is 2. The Balaban J connectivity index is 2.36. The van der Waals surface area contributed by atoms with Crippen molar-refractivity contribution < 1.29 is 4.74 Å². The van der Waals surface area contributed by atoms with Crippen molar-refractivity contribution in [3.05, 3.63) is 0 Å². The minimum Gasteiger partial charge on any atom is -0.374 e. The van der Waals surface area contributed by atoms with Crippen LogP contribution in [0.3, 0.4) is 0 Å². The molecule has 0 aromatic rings. The monoisotopic (exact) mass is 174 g/mol. The molecule has 0 N–H and O–H groups in total. The van der Waals surface area contributed by atoms with Crippen molar-refractivity contribution >= 4 is 11.8 Å². The summed E-state index contributed by atoms with van der Waals surface area (Å²) in [6, 6.07) is 0. The average Bonchev–Trinajstić information content (AvgIpc) is 1.86. The number of thioether (sulfide) groups is 1. The molecule has 0 spiro atoms. The van der Waals surface area contributed by atoms with Gasteiger partial charge in [0, 0.05) is 11.0 Å². The minimum absolute atomic E-state index is 0.107. The first-order valence-corrected chi connectivity index (χ1v) is 5.32. The normalized spacial score (nSPS) is 30.8. The summed E-state index contributed by atoms with van der Waals surface area (Å²) in [5.41, 5.74) is 0.107. The maximum absolute atomic E-state index is 5.72. The molecule has 1 saturated heterocycles. The zero-order valence-corrected chi connectivity index (χ0v) is 8.70. The topological polar surface area (TPSA) is 9.23 Å². The van der Waals surface area contributed by atoms with Crippen LogP contribution in [0.4, 0.5) is 0 Å². The molecule has 1 fully saturated rings. The van der Waals surface area contributed by atoms with Crippen LogP contribution in [0, 0.1) is 5.92 Å². The maximum atomic E-state index is 5.72. The van der Waals surface area contributed by atoms with Gasteiger partial charge in [-0.3, -0.25) is 0 Å². The van der Waals surface area contributed by atoms with Crippen molar-refractivity contribution in [1.29, 1.82) is 0 Å². The van der Waals surface area contributed by atoms with Crippen LogP contribution in [0.5, 0.6) is 0 Å². The van der Waals surface area contributed by atoms with E-state index in [1.807, 2.05) is 0 Å². The van der Waals surface area contributed by atoms with Gasteiger partial charge in [0.25, 0.3) is 0 Å². The maximum Gasteiger partial charge on any atom is 0.0717 e. The van der Waals surface area contributed by atoms with E-state index in [2.05, 4.69) is 39.5 Å². The van der Waals surface area contributed by atoms with Crippen LogP contribution < -0.4 is 0 Å². The second-order valence-electron chi connectivity index (χ2n) is 4.16. The molecule has 1 nitrogen and oxygen atoms in total. The molecule has 11 heavy (non-hydrogen) atoms. The molecule has 1 aliphatic rings. The van der Waals surface area contributed by atoms with Gasteiger partial charge in [-0.05, 0) is 19.8 Å². The van der Waals surface area contributed by atoms with Crippen molar-refractivity contribution in [3.63, 3.8) is 0 Å². The summed E-state index contributed by atoms with van der Waals surface area (Å²) in [7, 11) is 0. The first kappa shape index (κ1) is 9.40. The fraction of sp³-hybridized carbons (Fsp3) is 1.00. The van der Waals surface area contributed by atoms with Crippen LogP contribution in [0.1, 0.15) is 27.7 Å². The van der Waals surface area contributed by atoms with E-state index in [9.17, 15) is 0 Å². The summed E-state index contributed by atoms with van der Waals surface area (Å²) < 4.78 is 5.72. The second-order valence-corrected chi connectivity index (χ2v) is 5.39. The van der Waals surface area contributed by atoms with Crippen LogP contribution >= 0.6 is 11.8 Å². The Bertz CT molecular complexity index is 122. The SMILES string of the molecule is CC(C)[C@@H]1COC(C)(C)CS1. The van der Waals surface area contributed by atoms with Gasteiger partial charge in [-0.15, -0.1) is 0 Å². The quantitative estimate of drug-likeness (QED) is 0.604. The van der Waals surface area contributed by atoms with E-state index in [0.717, 1.165) is 18.3 Å². The van der Waals surface area contributed by atoms with Crippen LogP contribution in [0.15, 0.2) is 0 Å². The Hall–Kier alpha value is 0.310. The van der Waals surface area contributed by atoms with Gasteiger partial charge in [0.1, 0.15) is 0 Å². The molecule has 66 valence electrons. The molecule has 0 unspecified atom stereocenters. The van der Waals surface area contributed by atoms with Crippen molar-refractivity contribution in [3.8, 4) is 0 Å². The molecule has 0 aromatic heterocycles. The molecular weight excluding hydrogens is 156 g/mol. The lowest BCUT2D eigenvalue weighted by atomic mass is 10.1. The zero-order valence-electron chi connectivity index (χ0n) is 7.89. The lowest BCUT2D eigenvalue weighted by Gasteiger charge is -2.35. The van der Waals surface area contributed by atoms with Gasteiger partial charge in [0.2, 0.25) is 0 Å². The Morgan fingerprint density at radius 2 is 2.09 bits per heavy atom. The zero-order chi connectivity index (χ0) is 8.48. The molecule has 1 rings (SSSR count). The van der Waals surface area contributed by atoms with Gasteiger partial charge in [0.15, 0.2) is 0 Å². The molecule has 0 amide bonds. The van der Waals surface area contributed by atoms with E-state index >= 15 is 0 Å². The smallest absolute Gasteiger partial charge is 0.0717 e. The largest absolute Gasteiger partial charge is 0.374 e. The van der Waals surface area contributed by atoms with Gasteiger partial charge in [-0.2, -0.15) is 11.8 Å². The summed E-state index contributed by atoms with van der Waals surface area (Å²) in [6.07, 6.45) is 0. The fourth-order valence-corrected chi connectivity index (χ4v) is 2.34. The molecule has 1 heterocycles. The summed E-state index contributed by atoms with van der Waals surface area (Å²) in [5.74, 6) is 1.88. The van der Waals surface area contributed by atoms with E-state index in [0.29, 0.717) is 5.25 Å². The highest BCUT2D eigenvalue weighted by atomic mass is 32.2. The first-order valence-electron chi connectivity index (χ1n) is 4.27. The van der Waals surface area contributed by atoms with Crippen LogP contribution in [0.2, 0.25) is 0 Å². The number of hydrogen-bond donors (Lipinski definition) is 0. The number of ether oxygens (including phenoxy) is 1. The highest BCUT2D eigenvalue weighted by Gasteiger charge is 2.29. The van der Waals surface area contributed by atoms with Gasteiger partial charge in [-0.25, -0.2) is 0 Å². The summed E-state index contributed by atoms with van der Waals surface area (Å²) in [5, 5.41) is 0.711. The predicted octanol–water partition coefficient (Wildman–Crippen LogP) is 2.55. The third-order valence-corrected chi connectivity index (χ3v) is 4.00. The molecule has 1 atom stereocenters. The fourth-order valence-electron chi connectivity index (χ4n) is 1.09. The number of rotatable bonds is 1. The first-order chi connectivity index (χ1) is 5.01. The van der Waals surface area contributed by atoms with Crippen molar-refractivity contribution in [2.24, 2.45) is 5.92 Å². The molecule has 0 saturated carbocycles. The lowest BCUT2D eigenvalue weighted by molar-refractivity contribution is -0.00924. The molecule has 1 aliphatic heterocycles. The molecule has 0 aliphatic carbocycles. The second kappa shape index (κ2) is 3.36. The molecule has 0 radical (unpaired) electrons. The van der Waals surface area contributed by atoms with Crippen LogP contribution in [-0.4, -0.2) is 23.2 Å². The van der Waals surface area contributed by atoms with Crippen molar-refractivity contribution in [2.75, 3.05) is 12.4 Å². The minimum atomic E-state index is 0.107. The molecule has 2 heteroatoms. The van der Waals surface area contributed by atoms with Gasteiger partial charge in [0.05, 0.1) is 12.2 Å². The van der Waals surface area contributed by atoms with E-state index < -0.39 is 0 Å². The van der Waals surface area contributed by atoms with Crippen molar-refractivity contribution in [1.82, 2.24) is 0 Å². The Morgan fingerprint density at radius 3 is 2.45 bits per heavy atom. The molecule has 0 bridgehead atoms. The average molecular weight is 174 g/mol. The summed E-state index contributed by atoms with van der Waals surface area (Å²) in [6.45, 7) is 9.78. The standard InChI is InChI=1S/C9H18OS/c1-7(2)8-5-10-9(3,4)6-11-8/h7-8H,5-6H2,1-4H3/t8-/m0/s1. The lowest BCUT2D eigenvalue weighted by Crippen LogP contribution is -2.38. The van der Waals surface area contributed by atoms with Crippen molar-refractivity contribution in [2.45, 2.75) is 38.5 Å².